The van der Waals surface area contributed by atoms with E-state index in [-0.39, 0.29) is 5.91 Å². The number of halogens is 1. The molecule has 2 atom stereocenters. The molecule has 1 saturated carbocycles. The third kappa shape index (κ3) is 3.25. The summed E-state index contributed by atoms with van der Waals surface area (Å²) >= 11 is 5.96. The third-order valence-corrected chi connectivity index (χ3v) is 3.93. The molecule has 2 rings (SSSR count). The number of rotatable bonds is 4. The lowest BCUT2D eigenvalue weighted by Gasteiger charge is -2.30. The van der Waals surface area contributed by atoms with Gasteiger partial charge in [-0.05, 0) is 36.8 Å². The molecule has 1 aromatic heterocycles. The summed E-state index contributed by atoms with van der Waals surface area (Å²) in [7, 11) is 0. The van der Waals surface area contributed by atoms with Gasteiger partial charge in [0.05, 0.1) is 6.26 Å². The number of carbonyl (C=O) groups is 1. The molecule has 0 saturated heterocycles. The van der Waals surface area contributed by atoms with Crippen LogP contribution in [0.1, 0.15) is 36.2 Å². The third-order valence-electron chi connectivity index (χ3n) is 3.53. The molecule has 2 unspecified atom stereocenters. The van der Waals surface area contributed by atoms with Crippen LogP contribution in [0.2, 0.25) is 0 Å². The van der Waals surface area contributed by atoms with Gasteiger partial charge in [-0.1, -0.05) is 12.8 Å². The summed E-state index contributed by atoms with van der Waals surface area (Å²) in [4.78, 5) is 11.7. The van der Waals surface area contributed by atoms with Gasteiger partial charge in [0.25, 0.3) is 5.91 Å². The molecule has 0 aromatic carbocycles. The number of hydrogen-bond acceptors (Lipinski definition) is 2. The fourth-order valence-electron chi connectivity index (χ4n) is 2.47. The summed E-state index contributed by atoms with van der Waals surface area (Å²) in [6.45, 7) is 0.705. The highest BCUT2D eigenvalue weighted by Gasteiger charge is 2.24. The first kappa shape index (κ1) is 12.5. The molecule has 0 aliphatic heterocycles. The molecule has 1 aliphatic rings. The van der Waals surface area contributed by atoms with Crippen LogP contribution in [0.15, 0.2) is 22.8 Å². The molecule has 94 valence electrons. The van der Waals surface area contributed by atoms with E-state index in [4.69, 9.17) is 16.0 Å². The molecule has 3 nitrogen and oxygen atoms in total. The highest BCUT2D eigenvalue weighted by Crippen LogP contribution is 2.30. The van der Waals surface area contributed by atoms with Crippen LogP contribution in [-0.2, 0) is 0 Å². The normalized spacial score (nSPS) is 24.5. The molecule has 17 heavy (non-hydrogen) atoms. The van der Waals surface area contributed by atoms with Crippen LogP contribution in [0.5, 0.6) is 0 Å². The maximum absolute atomic E-state index is 11.7. The minimum atomic E-state index is -0.131. The van der Waals surface area contributed by atoms with Gasteiger partial charge in [0.2, 0.25) is 0 Å². The van der Waals surface area contributed by atoms with E-state index in [0.717, 1.165) is 6.42 Å². The summed E-state index contributed by atoms with van der Waals surface area (Å²) in [6.07, 6.45) is 6.37. The Labute approximate surface area is 107 Å². The zero-order chi connectivity index (χ0) is 12.1. The lowest BCUT2D eigenvalue weighted by Crippen LogP contribution is -2.34. The highest BCUT2D eigenvalue weighted by molar-refractivity contribution is 6.18. The van der Waals surface area contributed by atoms with Gasteiger partial charge in [0.1, 0.15) is 0 Å². The number of amides is 1. The van der Waals surface area contributed by atoms with E-state index < -0.39 is 0 Å². The van der Waals surface area contributed by atoms with Gasteiger partial charge in [-0.25, -0.2) is 0 Å². The molecule has 1 heterocycles. The van der Waals surface area contributed by atoms with E-state index >= 15 is 0 Å². The predicted molar refractivity (Wildman–Crippen MR) is 67.2 cm³/mol. The second-order valence-electron chi connectivity index (χ2n) is 4.65. The summed E-state index contributed by atoms with van der Waals surface area (Å²) < 4.78 is 5.05. The first-order valence-corrected chi connectivity index (χ1v) is 6.72. The molecular formula is C13H18ClNO2. The number of carbonyl (C=O) groups excluding carboxylic acids is 1. The van der Waals surface area contributed by atoms with E-state index in [1.165, 1.54) is 25.5 Å². The lowest BCUT2D eigenvalue weighted by molar-refractivity contribution is 0.0909. The Kier molecular flexibility index (Phi) is 4.49. The van der Waals surface area contributed by atoms with Crippen LogP contribution in [-0.4, -0.2) is 18.3 Å². The molecule has 1 N–H and O–H groups in total. The molecule has 1 aliphatic carbocycles. The predicted octanol–water partition coefficient (Wildman–Crippen LogP) is 3.05. The van der Waals surface area contributed by atoms with E-state index in [1.807, 2.05) is 0 Å². The number of nitrogens with one attached hydrogen (secondary N) is 1. The maximum atomic E-state index is 11.7. The number of alkyl halides is 1. The first-order valence-electron chi connectivity index (χ1n) is 6.19. The van der Waals surface area contributed by atoms with E-state index in [2.05, 4.69) is 5.32 Å². The molecule has 0 spiro atoms. The topological polar surface area (TPSA) is 42.2 Å². The Morgan fingerprint density at radius 3 is 2.82 bits per heavy atom. The number of furan rings is 1. The SMILES string of the molecule is O=C(NCC1CCCCC1CCl)c1ccco1. The molecule has 4 heteroatoms. The quantitative estimate of drug-likeness (QED) is 0.841. The fraction of sp³-hybridized carbons (Fsp3) is 0.615. The van der Waals surface area contributed by atoms with Gasteiger partial charge in [-0.3, -0.25) is 4.79 Å². The van der Waals surface area contributed by atoms with Crippen molar-refractivity contribution in [3.8, 4) is 0 Å². The van der Waals surface area contributed by atoms with E-state index in [0.29, 0.717) is 30.0 Å². The minimum absolute atomic E-state index is 0.131. The van der Waals surface area contributed by atoms with Crippen molar-refractivity contribution in [3.05, 3.63) is 24.2 Å². The van der Waals surface area contributed by atoms with E-state index in [1.54, 1.807) is 12.1 Å². The lowest BCUT2D eigenvalue weighted by atomic mass is 9.80. The summed E-state index contributed by atoms with van der Waals surface area (Å²) in [5, 5.41) is 2.93. The van der Waals surface area contributed by atoms with Crippen LogP contribution in [0, 0.1) is 11.8 Å². The zero-order valence-corrected chi connectivity index (χ0v) is 10.6. The van der Waals surface area contributed by atoms with Crippen molar-refractivity contribution in [2.75, 3.05) is 12.4 Å². The van der Waals surface area contributed by atoms with Crippen molar-refractivity contribution in [2.24, 2.45) is 11.8 Å². The molecule has 1 amide bonds. The molecule has 0 radical (unpaired) electrons. The first-order chi connectivity index (χ1) is 8.31. The average molecular weight is 256 g/mol. The Morgan fingerprint density at radius 1 is 1.41 bits per heavy atom. The Balaban J connectivity index is 1.82. The molecule has 1 aromatic rings. The smallest absolute Gasteiger partial charge is 0.286 e. The second-order valence-corrected chi connectivity index (χ2v) is 4.95. The van der Waals surface area contributed by atoms with Crippen molar-refractivity contribution < 1.29 is 9.21 Å². The standard InChI is InChI=1S/C13H18ClNO2/c14-8-10-4-1-2-5-11(10)9-15-13(16)12-6-3-7-17-12/h3,6-7,10-11H,1-2,4-5,8-9H2,(H,15,16). The maximum Gasteiger partial charge on any atom is 0.286 e. The largest absolute Gasteiger partial charge is 0.459 e. The van der Waals surface area contributed by atoms with Crippen molar-refractivity contribution in [1.82, 2.24) is 5.32 Å². The van der Waals surface area contributed by atoms with Gasteiger partial charge >= 0.3 is 0 Å². The van der Waals surface area contributed by atoms with Crippen LogP contribution in [0.25, 0.3) is 0 Å². The van der Waals surface area contributed by atoms with Gasteiger partial charge in [0.15, 0.2) is 5.76 Å². The van der Waals surface area contributed by atoms with Gasteiger partial charge in [-0.2, -0.15) is 0 Å². The monoisotopic (exact) mass is 255 g/mol. The van der Waals surface area contributed by atoms with Gasteiger partial charge in [-0.15, -0.1) is 11.6 Å². The Bertz CT molecular complexity index is 350. The van der Waals surface area contributed by atoms with Crippen LogP contribution >= 0.6 is 11.6 Å². The summed E-state index contributed by atoms with van der Waals surface area (Å²) in [5.74, 6) is 2.00. The Hall–Kier alpha value is -0.960. The zero-order valence-electron chi connectivity index (χ0n) is 9.82. The molecule has 0 bridgehead atoms. The van der Waals surface area contributed by atoms with Crippen molar-refractivity contribution >= 4 is 17.5 Å². The fourth-order valence-corrected chi connectivity index (χ4v) is 2.88. The van der Waals surface area contributed by atoms with Crippen LogP contribution in [0.3, 0.4) is 0 Å². The van der Waals surface area contributed by atoms with Gasteiger partial charge in [0, 0.05) is 12.4 Å². The average Bonchev–Trinajstić information content (AvgIpc) is 2.90. The number of hydrogen-bond donors (Lipinski definition) is 1. The van der Waals surface area contributed by atoms with Gasteiger partial charge < -0.3 is 9.73 Å². The molecular weight excluding hydrogens is 238 g/mol. The minimum Gasteiger partial charge on any atom is -0.459 e. The second kappa shape index (κ2) is 6.10. The Morgan fingerprint density at radius 2 is 2.18 bits per heavy atom. The van der Waals surface area contributed by atoms with Crippen LogP contribution < -0.4 is 5.32 Å². The van der Waals surface area contributed by atoms with Crippen molar-refractivity contribution in [1.29, 1.82) is 0 Å². The summed E-state index contributed by atoms with van der Waals surface area (Å²) in [5.41, 5.74) is 0. The van der Waals surface area contributed by atoms with E-state index in [9.17, 15) is 4.79 Å². The van der Waals surface area contributed by atoms with Crippen molar-refractivity contribution in [3.63, 3.8) is 0 Å². The summed E-state index contributed by atoms with van der Waals surface area (Å²) in [6, 6.07) is 3.40. The highest BCUT2D eigenvalue weighted by atomic mass is 35.5. The molecule has 1 fully saturated rings. The van der Waals surface area contributed by atoms with Crippen molar-refractivity contribution in [2.45, 2.75) is 25.7 Å². The van der Waals surface area contributed by atoms with Crippen LogP contribution in [0.4, 0.5) is 0 Å².